The Morgan fingerprint density at radius 1 is 1.16 bits per heavy atom. The number of guanidine groups is 1. The molecule has 0 aliphatic rings. The van der Waals surface area contributed by atoms with Gasteiger partial charge in [-0.1, -0.05) is 12.1 Å². The standard InChI is InChI=1S/C17H22N6S.HI/c1-12-21-13(11-24-12)7-9-19-17(18-2)20-10-8-16-22-14-5-3-4-6-15(14)23-16;/h3-6,11H,7-10H2,1-2H3,(H,22,23)(H2,18,19,20);1H. The van der Waals surface area contributed by atoms with E-state index in [4.69, 9.17) is 0 Å². The summed E-state index contributed by atoms with van der Waals surface area (Å²) in [4.78, 5) is 16.6. The van der Waals surface area contributed by atoms with Gasteiger partial charge in [-0.2, -0.15) is 0 Å². The maximum absolute atomic E-state index is 4.58. The smallest absolute Gasteiger partial charge is 0.191 e. The molecule has 3 aromatic rings. The van der Waals surface area contributed by atoms with E-state index in [0.717, 1.165) is 59.5 Å². The number of imidazole rings is 1. The summed E-state index contributed by atoms with van der Waals surface area (Å²) in [5.41, 5.74) is 3.21. The highest BCUT2D eigenvalue weighted by Crippen LogP contribution is 2.10. The number of aromatic nitrogens is 3. The van der Waals surface area contributed by atoms with Crippen LogP contribution in [0.1, 0.15) is 16.5 Å². The van der Waals surface area contributed by atoms with E-state index in [2.05, 4.69) is 36.0 Å². The molecule has 0 radical (unpaired) electrons. The molecule has 25 heavy (non-hydrogen) atoms. The number of halogens is 1. The second-order valence-corrected chi connectivity index (χ2v) is 6.55. The van der Waals surface area contributed by atoms with Gasteiger partial charge in [0.15, 0.2) is 5.96 Å². The molecule has 0 unspecified atom stereocenters. The zero-order valence-electron chi connectivity index (χ0n) is 14.4. The molecule has 3 N–H and O–H groups in total. The Labute approximate surface area is 168 Å². The van der Waals surface area contributed by atoms with Gasteiger partial charge in [-0.05, 0) is 19.1 Å². The maximum Gasteiger partial charge on any atom is 0.191 e. The minimum atomic E-state index is 0. The van der Waals surface area contributed by atoms with Crippen molar-refractivity contribution in [2.45, 2.75) is 19.8 Å². The zero-order valence-corrected chi connectivity index (χ0v) is 17.5. The van der Waals surface area contributed by atoms with Gasteiger partial charge in [-0.25, -0.2) is 9.97 Å². The molecule has 1 aromatic carbocycles. The number of fused-ring (bicyclic) bond motifs is 1. The second kappa shape index (κ2) is 9.71. The first-order valence-corrected chi connectivity index (χ1v) is 8.91. The van der Waals surface area contributed by atoms with Gasteiger partial charge in [0, 0.05) is 38.4 Å². The molecular weight excluding hydrogens is 447 g/mol. The molecule has 0 atom stereocenters. The molecular formula is C17H23IN6S. The highest BCUT2D eigenvalue weighted by molar-refractivity contribution is 14.0. The van der Waals surface area contributed by atoms with Gasteiger partial charge in [0.2, 0.25) is 0 Å². The Kier molecular flexibility index (Phi) is 7.63. The SMILES string of the molecule is CN=C(NCCc1csc(C)n1)NCCc1nc2ccccc2[nH]1.I. The third kappa shape index (κ3) is 5.67. The molecule has 8 heteroatoms. The quantitative estimate of drug-likeness (QED) is 0.294. The molecule has 0 saturated carbocycles. The number of hydrogen-bond donors (Lipinski definition) is 3. The van der Waals surface area contributed by atoms with Crippen molar-refractivity contribution in [1.82, 2.24) is 25.6 Å². The van der Waals surface area contributed by atoms with E-state index in [9.17, 15) is 0 Å². The lowest BCUT2D eigenvalue weighted by molar-refractivity contribution is 0.765. The molecule has 0 aliphatic heterocycles. The van der Waals surface area contributed by atoms with E-state index >= 15 is 0 Å². The van der Waals surface area contributed by atoms with Crippen LogP contribution in [-0.4, -0.2) is 41.0 Å². The molecule has 0 bridgehead atoms. The number of para-hydroxylation sites is 2. The van der Waals surface area contributed by atoms with Crippen LogP contribution in [0.3, 0.4) is 0 Å². The summed E-state index contributed by atoms with van der Waals surface area (Å²) in [6.45, 7) is 3.61. The molecule has 0 fully saturated rings. The fourth-order valence-electron chi connectivity index (χ4n) is 2.48. The van der Waals surface area contributed by atoms with Crippen LogP contribution in [0.5, 0.6) is 0 Å². The van der Waals surface area contributed by atoms with Crippen LogP contribution < -0.4 is 10.6 Å². The molecule has 0 spiro atoms. The summed E-state index contributed by atoms with van der Waals surface area (Å²) in [6.07, 6.45) is 1.72. The summed E-state index contributed by atoms with van der Waals surface area (Å²) < 4.78 is 0. The minimum Gasteiger partial charge on any atom is -0.356 e. The fourth-order valence-corrected chi connectivity index (χ4v) is 3.12. The molecule has 134 valence electrons. The summed E-state index contributed by atoms with van der Waals surface area (Å²) in [5.74, 6) is 1.79. The van der Waals surface area contributed by atoms with Crippen LogP contribution in [0.15, 0.2) is 34.6 Å². The van der Waals surface area contributed by atoms with E-state index in [1.807, 2.05) is 31.2 Å². The van der Waals surface area contributed by atoms with Gasteiger partial charge in [-0.15, -0.1) is 35.3 Å². The Morgan fingerprint density at radius 3 is 2.60 bits per heavy atom. The van der Waals surface area contributed by atoms with Gasteiger partial charge in [0.1, 0.15) is 5.82 Å². The number of H-pyrrole nitrogens is 1. The monoisotopic (exact) mass is 470 g/mol. The lowest BCUT2D eigenvalue weighted by Gasteiger charge is -2.10. The van der Waals surface area contributed by atoms with Crippen LogP contribution >= 0.6 is 35.3 Å². The Bertz CT molecular complexity index is 792. The molecule has 0 amide bonds. The Hall–Kier alpha value is -1.68. The summed E-state index contributed by atoms with van der Waals surface area (Å²) in [7, 11) is 1.78. The van der Waals surface area contributed by atoms with Crippen molar-refractivity contribution in [1.29, 1.82) is 0 Å². The topological polar surface area (TPSA) is 78.0 Å². The van der Waals surface area contributed by atoms with Crippen molar-refractivity contribution in [3.63, 3.8) is 0 Å². The van der Waals surface area contributed by atoms with E-state index in [-0.39, 0.29) is 24.0 Å². The van der Waals surface area contributed by atoms with Gasteiger partial charge in [0.05, 0.1) is 21.7 Å². The number of rotatable bonds is 6. The third-order valence-electron chi connectivity index (χ3n) is 3.66. The van der Waals surface area contributed by atoms with Gasteiger partial charge >= 0.3 is 0 Å². The average molecular weight is 470 g/mol. The first-order chi connectivity index (χ1) is 11.7. The van der Waals surface area contributed by atoms with Crippen molar-refractivity contribution < 1.29 is 0 Å². The van der Waals surface area contributed by atoms with Crippen molar-refractivity contribution >= 4 is 52.3 Å². The van der Waals surface area contributed by atoms with E-state index in [0.29, 0.717) is 0 Å². The first kappa shape index (κ1) is 19.6. The van der Waals surface area contributed by atoms with Crippen LogP contribution in [0.4, 0.5) is 0 Å². The predicted octanol–water partition coefficient (Wildman–Crippen LogP) is 2.90. The normalized spacial score (nSPS) is 11.4. The number of thiazole rings is 1. The lowest BCUT2D eigenvalue weighted by Crippen LogP contribution is -2.39. The van der Waals surface area contributed by atoms with E-state index in [1.165, 1.54) is 0 Å². The van der Waals surface area contributed by atoms with Crippen molar-refractivity contribution in [2.75, 3.05) is 20.1 Å². The van der Waals surface area contributed by atoms with Crippen molar-refractivity contribution in [3.05, 3.63) is 46.2 Å². The molecule has 6 nitrogen and oxygen atoms in total. The van der Waals surface area contributed by atoms with Crippen LogP contribution in [-0.2, 0) is 12.8 Å². The average Bonchev–Trinajstić information content (AvgIpc) is 3.19. The van der Waals surface area contributed by atoms with Gasteiger partial charge in [0.25, 0.3) is 0 Å². The zero-order chi connectivity index (χ0) is 16.8. The number of aromatic amines is 1. The molecule has 2 aromatic heterocycles. The molecule has 0 saturated heterocycles. The van der Waals surface area contributed by atoms with Crippen LogP contribution in [0.2, 0.25) is 0 Å². The van der Waals surface area contributed by atoms with Crippen LogP contribution in [0, 0.1) is 6.92 Å². The number of nitrogens with one attached hydrogen (secondary N) is 3. The summed E-state index contributed by atoms with van der Waals surface area (Å²) in [6, 6.07) is 8.07. The number of hydrogen-bond acceptors (Lipinski definition) is 4. The van der Waals surface area contributed by atoms with E-state index in [1.54, 1.807) is 18.4 Å². The Morgan fingerprint density at radius 2 is 1.92 bits per heavy atom. The maximum atomic E-state index is 4.58. The molecule has 2 heterocycles. The summed E-state index contributed by atoms with van der Waals surface area (Å²) >= 11 is 1.69. The van der Waals surface area contributed by atoms with Crippen LogP contribution in [0.25, 0.3) is 11.0 Å². The second-order valence-electron chi connectivity index (χ2n) is 5.48. The first-order valence-electron chi connectivity index (χ1n) is 8.04. The lowest BCUT2D eigenvalue weighted by atomic mass is 10.3. The number of aryl methyl sites for hydroxylation is 1. The van der Waals surface area contributed by atoms with Gasteiger partial charge < -0.3 is 15.6 Å². The Balaban J connectivity index is 0.00000225. The molecule has 0 aliphatic carbocycles. The predicted molar refractivity (Wildman–Crippen MR) is 115 cm³/mol. The highest BCUT2D eigenvalue weighted by atomic mass is 127. The minimum absolute atomic E-state index is 0. The highest BCUT2D eigenvalue weighted by Gasteiger charge is 2.03. The van der Waals surface area contributed by atoms with Crippen molar-refractivity contribution in [3.8, 4) is 0 Å². The van der Waals surface area contributed by atoms with Crippen molar-refractivity contribution in [2.24, 2.45) is 4.99 Å². The number of benzene rings is 1. The number of aliphatic imine (C=N–C) groups is 1. The molecule has 3 rings (SSSR count). The third-order valence-corrected chi connectivity index (χ3v) is 4.48. The van der Waals surface area contributed by atoms with E-state index < -0.39 is 0 Å². The fraction of sp³-hybridized carbons (Fsp3) is 0.353. The number of nitrogens with zero attached hydrogens (tertiary/aromatic N) is 3. The summed E-state index contributed by atoms with van der Waals surface area (Å²) in [5, 5.41) is 9.84. The largest absolute Gasteiger partial charge is 0.356 e. The van der Waals surface area contributed by atoms with Gasteiger partial charge in [-0.3, -0.25) is 4.99 Å².